The fraction of sp³-hybridized carbons (Fsp3) is 0.473. The van der Waals surface area contributed by atoms with E-state index in [-0.39, 0.29) is 124 Å². The van der Waals surface area contributed by atoms with Crippen LogP contribution in [0, 0.1) is 23.7 Å². The number of rotatable bonds is 28. The normalized spacial score (nSPS) is 20.5. The van der Waals surface area contributed by atoms with Gasteiger partial charge in [-0.15, -0.1) is 45.3 Å². The Hall–Kier alpha value is -11.0. The van der Waals surface area contributed by atoms with Crippen LogP contribution in [-0.4, -0.2) is 259 Å². The first-order valence-corrected chi connectivity index (χ1v) is 58.0. The van der Waals surface area contributed by atoms with Gasteiger partial charge in [-0.2, -0.15) is 0 Å². The van der Waals surface area contributed by atoms with Crippen molar-refractivity contribution in [1.29, 1.82) is 0 Å². The second-order valence-electron chi connectivity index (χ2n) is 39.7. The molecule has 32 nitrogen and oxygen atoms in total. The number of hydrogen-bond acceptors (Lipinski definition) is 27. The molecule has 0 saturated carbocycles. The van der Waals surface area contributed by atoms with E-state index in [1.54, 1.807) is 102 Å². The standard InChI is InChI=1S/C28H33ClN4O3S.C28H34N4O4S2.C27H32ClN5O3S.C27H33N5O4S/c1-17(30-2)26(34)32-25(18-9-12-36-13-10-18)28(35)33-11-5-8-24(33)27-31-23(16-37-27)22-15-20(29)14-19-6-3-4-7-21(19)22;1-18(29-2)26(33)31-25(20-12-15-38(35,36)16-13-20)28(34)32-14-6-11-24(32)27-30-23(17-37-27)22-10-5-8-19-7-3-4-9-21(19)22;1-16(29-2)25(34)32-24(17-8-12-36-13-9-17)27(35)33-11-3-4-23(33)26-31-22(15-37-26)20-7-10-30-21-14-18(28)5-6-19(20)21;1-16(28-2)25(34)31-24(17-9-12-36-13-10-17)27(35)32-11-5-8-22(32)26-30-21(15-37-26)19-14-23(33)29-20-7-4-3-6-18(19)20/h3-4,6-7,14-18,24-25,30H,5,8-13H2,1-2H3,(H,32,34);3-5,7-10,17-18,20,24-25,29H,6,11-16H2,1-2H3,(H,31,33);5-7,10,14-17,23-24,29H,3-4,8-9,11-13H2,1-2H3,(H,32,34);3-4,6-7,14-17,22,24,28H,5,8-13H2,1-2H3,(H,29,33)(H,31,34)/t17-,24-,25-;18-,24-,25-;16-,23-,24-;16-,22-,24-/m0000/s1. The number of benzene rings is 6. The van der Waals surface area contributed by atoms with Crippen molar-refractivity contribution >= 4 is 169 Å². The number of nitrogens with zero attached hydrogens (tertiary/aromatic N) is 9. The van der Waals surface area contributed by atoms with E-state index in [2.05, 4.69) is 99.7 Å². The van der Waals surface area contributed by atoms with Gasteiger partial charge in [0.1, 0.15) is 54.0 Å². The first kappa shape index (κ1) is 109. The Kier molecular flexibility index (Phi) is 37.0. The molecule has 0 spiro atoms. The van der Waals surface area contributed by atoms with E-state index in [0.29, 0.717) is 88.7 Å². The Labute approximate surface area is 894 Å². The predicted molar refractivity (Wildman–Crippen MR) is 587 cm³/mol. The van der Waals surface area contributed by atoms with Crippen LogP contribution < -0.4 is 48.1 Å². The summed E-state index contributed by atoms with van der Waals surface area (Å²) in [5.74, 6) is -0.986. The number of ether oxygens (including phenoxy) is 3. The zero-order chi connectivity index (χ0) is 105. The molecule has 0 bridgehead atoms. The highest BCUT2D eigenvalue weighted by Gasteiger charge is 2.47. The van der Waals surface area contributed by atoms with Gasteiger partial charge in [0.15, 0.2) is 0 Å². The number of hydrogen-bond donors (Lipinski definition) is 9. The summed E-state index contributed by atoms with van der Waals surface area (Å²) in [6.07, 6.45) is 13.9. The summed E-state index contributed by atoms with van der Waals surface area (Å²) in [6.45, 7) is 13.3. The van der Waals surface area contributed by atoms with Gasteiger partial charge in [0.05, 0.1) is 88.1 Å². The Morgan fingerprint density at radius 2 is 0.718 bits per heavy atom. The van der Waals surface area contributed by atoms with Gasteiger partial charge in [0.2, 0.25) is 52.8 Å². The SMILES string of the molecule is CN[C@@H](C)C(=O)N[C@H](C(=O)N1CCC[C@H]1c1nc(-c2cc(=O)[nH]c3ccccc23)cs1)C1CCOCC1.CN[C@@H](C)C(=O)N[C@H](C(=O)N1CCC[C@H]1c1nc(-c2cc(Cl)cc3ccccc23)cs1)C1CCOCC1.CN[C@@H](C)C(=O)N[C@H](C(=O)N1CCC[C@H]1c1nc(-c2cccc3ccccc23)cs1)C1CCS(=O)(=O)CC1.CN[C@@H](C)C(=O)N[C@H](C(=O)N1CCC[C@H]1c1nc(-c2ccnc3cc(Cl)ccc23)cs1)C1CCOCC1. The van der Waals surface area contributed by atoms with E-state index in [4.69, 9.17) is 57.3 Å². The van der Waals surface area contributed by atoms with Gasteiger partial charge >= 0.3 is 0 Å². The molecule has 149 heavy (non-hydrogen) atoms. The van der Waals surface area contributed by atoms with E-state index in [1.165, 1.54) is 11.3 Å². The van der Waals surface area contributed by atoms with Crippen LogP contribution in [0.3, 0.4) is 0 Å². The molecule has 790 valence electrons. The molecule has 8 saturated heterocycles. The van der Waals surface area contributed by atoms with Crippen LogP contribution in [0.4, 0.5) is 0 Å². The molecule has 0 radical (unpaired) electrons. The number of likely N-dealkylation sites (N-methyl/N-ethyl adjacent to an activating group) is 4. The number of halogens is 2. The van der Waals surface area contributed by atoms with Crippen LogP contribution in [0.25, 0.3) is 88.4 Å². The van der Waals surface area contributed by atoms with Crippen LogP contribution in [0.5, 0.6) is 0 Å². The van der Waals surface area contributed by atoms with Crippen molar-refractivity contribution in [2.24, 2.45) is 23.7 Å². The zero-order valence-electron chi connectivity index (χ0n) is 85.2. The maximum Gasteiger partial charge on any atom is 0.249 e. The molecule has 8 amide bonds. The lowest BCUT2D eigenvalue weighted by molar-refractivity contribution is -0.140. The monoisotopic (exact) mass is 2160 g/mol. The van der Waals surface area contributed by atoms with E-state index < -0.39 is 46.1 Å². The molecular formula is C110H132Cl2N18O14S5. The number of para-hydroxylation sites is 1. The molecule has 39 heteroatoms. The second kappa shape index (κ2) is 50.5. The maximum absolute atomic E-state index is 14.0. The van der Waals surface area contributed by atoms with Gasteiger partial charge in [-0.05, 0) is 240 Å². The molecule has 14 heterocycles. The predicted octanol–water partition coefficient (Wildman–Crippen LogP) is 15.4. The minimum atomic E-state index is -3.09. The molecule has 6 aromatic carbocycles. The summed E-state index contributed by atoms with van der Waals surface area (Å²) in [7, 11) is 3.82. The molecular weight excluding hydrogens is 2030 g/mol. The van der Waals surface area contributed by atoms with Crippen LogP contribution in [-0.2, 0) is 62.4 Å². The highest BCUT2D eigenvalue weighted by atomic mass is 35.5. The lowest BCUT2D eigenvalue weighted by Gasteiger charge is -2.35. The van der Waals surface area contributed by atoms with Gasteiger partial charge in [0, 0.05) is 148 Å². The number of carbonyl (C=O) groups is 8. The van der Waals surface area contributed by atoms with Crippen LogP contribution in [0.2, 0.25) is 10.0 Å². The molecule has 9 N–H and O–H groups in total. The molecule has 8 aliphatic rings. The Morgan fingerprint density at radius 3 is 1.12 bits per heavy atom. The molecule has 20 rings (SSSR count). The maximum atomic E-state index is 14.0. The average molecular weight is 2160 g/mol. The number of likely N-dealkylation sites (tertiary alicyclic amines) is 4. The third kappa shape index (κ3) is 25.8. The number of sulfone groups is 1. The molecule has 8 fully saturated rings. The zero-order valence-corrected chi connectivity index (χ0v) is 90.8. The van der Waals surface area contributed by atoms with Crippen molar-refractivity contribution < 1.29 is 61.0 Å². The van der Waals surface area contributed by atoms with E-state index in [9.17, 15) is 51.6 Å². The molecule has 0 aliphatic carbocycles. The van der Waals surface area contributed by atoms with Crippen molar-refractivity contribution in [2.45, 2.75) is 203 Å². The molecule has 12 aromatic rings. The number of aromatic nitrogens is 6. The van der Waals surface area contributed by atoms with Gasteiger partial charge in [0.25, 0.3) is 0 Å². The number of carbonyl (C=O) groups excluding carboxylic acids is 8. The number of thiazole rings is 4. The fourth-order valence-electron chi connectivity index (χ4n) is 21.4. The van der Waals surface area contributed by atoms with Gasteiger partial charge < -0.3 is 81.3 Å². The first-order chi connectivity index (χ1) is 72.1. The van der Waals surface area contributed by atoms with Crippen molar-refractivity contribution in [3.8, 4) is 45.0 Å². The number of aromatic amines is 1. The van der Waals surface area contributed by atoms with Crippen LogP contribution >= 0.6 is 68.5 Å². The number of nitrogens with one attached hydrogen (secondary N) is 9. The molecule has 0 unspecified atom stereocenters. The van der Waals surface area contributed by atoms with Crippen LogP contribution in [0.1, 0.15) is 175 Å². The highest BCUT2D eigenvalue weighted by molar-refractivity contribution is 7.91. The van der Waals surface area contributed by atoms with Gasteiger partial charge in [-0.1, -0.05) is 114 Å². The van der Waals surface area contributed by atoms with Gasteiger partial charge in [-0.3, -0.25) is 48.1 Å². The summed E-state index contributed by atoms with van der Waals surface area (Å²) in [6, 6.07) is 38.8. The minimum absolute atomic E-state index is 0.0176. The lowest BCUT2D eigenvalue weighted by atomic mass is 9.90. The van der Waals surface area contributed by atoms with E-state index >= 15 is 0 Å². The number of amides is 8. The van der Waals surface area contributed by atoms with Gasteiger partial charge in [-0.25, -0.2) is 28.4 Å². The number of H-pyrrole nitrogens is 1. The Balaban J connectivity index is 0.000000135. The summed E-state index contributed by atoms with van der Waals surface area (Å²) in [5, 5.41) is 43.3. The summed E-state index contributed by atoms with van der Waals surface area (Å²) in [4.78, 5) is 154. The van der Waals surface area contributed by atoms with E-state index in [0.717, 1.165) is 198 Å². The van der Waals surface area contributed by atoms with Crippen molar-refractivity contribution in [3.05, 3.63) is 202 Å². The first-order valence-electron chi connectivity index (χ1n) is 51.9. The summed E-state index contributed by atoms with van der Waals surface area (Å²) >= 11 is 18.8. The van der Waals surface area contributed by atoms with Crippen LogP contribution in [0.15, 0.2) is 166 Å². The Morgan fingerprint density at radius 1 is 0.376 bits per heavy atom. The lowest BCUT2D eigenvalue weighted by Crippen LogP contribution is -2.56. The largest absolute Gasteiger partial charge is 0.381 e. The molecule has 12 atom stereocenters. The second-order valence-corrected chi connectivity index (χ2v) is 46.4. The summed E-state index contributed by atoms with van der Waals surface area (Å²) < 4.78 is 40.7. The quantitative estimate of drug-likeness (QED) is 0.0220. The van der Waals surface area contributed by atoms with Crippen molar-refractivity contribution in [2.75, 3.05) is 106 Å². The highest BCUT2D eigenvalue weighted by Crippen LogP contribution is 2.46. The fourth-order valence-corrected chi connectivity index (χ4v) is 27.2. The third-order valence-corrected chi connectivity index (χ3v) is 36.3. The Bertz CT molecular complexity index is 6910. The minimum Gasteiger partial charge on any atom is -0.381 e. The number of pyridine rings is 2. The smallest absolute Gasteiger partial charge is 0.249 e. The van der Waals surface area contributed by atoms with E-state index in [1.807, 2.05) is 121 Å². The van der Waals surface area contributed by atoms with Crippen molar-refractivity contribution in [1.82, 2.24) is 92.0 Å². The number of fused-ring (bicyclic) bond motifs is 4. The topological polar surface area (TPSA) is 405 Å². The molecule has 8 aliphatic heterocycles. The molecule has 6 aromatic heterocycles. The van der Waals surface area contributed by atoms with Crippen molar-refractivity contribution in [3.63, 3.8) is 0 Å². The summed E-state index contributed by atoms with van der Waals surface area (Å²) in [5.41, 5.74) is 8.62. The third-order valence-electron chi connectivity index (χ3n) is 30.4. The average Bonchev–Trinajstić information content (AvgIpc) is 1.68.